The van der Waals surface area contributed by atoms with Crippen molar-refractivity contribution in [2.45, 2.75) is 31.2 Å². The predicted octanol–water partition coefficient (Wildman–Crippen LogP) is 4.03. The molecule has 0 amide bonds. The summed E-state index contributed by atoms with van der Waals surface area (Å²) in [6, 6.07) is 9.16. The number of thioether (sulfide) groups is 1. The Hall–Kier alpha value is -0.730. The molecule has 1 unspecified atom stereocenters. The van der Waals surface area contributed by atoms with E-state index in [2.05, 4.69) is 50.0 Å². The minimum atomic E-state index is 0.418. The van der Waals surface area contributed by atoms with Crippen LogP contribution in [0.1, 0.15) is 31.9 Å². The second kappa shape index (κ2) is 6.77. The van der Waals surface area contributed by atoms with Gasteiger partial charge in [0.05, 0.1) is 0 Å². The lowest BCUT2D eigenvalue weighted by Gasteiger charge is -2.11. The van der Waals surface area contributed by atoms with Crippen LogP contribution in [0.25, 0.3) is 0 Å². The highest BCUT2D eigenvalue weighted by Crippen LogP contribution is 2.23. The first-order valence-corrected chi connectivity index (χ1v) is 6.66. The van der Waals surface area contributed by atoms with Gasteiger partial charge in [-0.15, -0.1) is 18.3 Å². The summed E-state index contributed by atoms with van der Waals surface area (Å²) in [7, 11) is 1.99. The molecule has 0 aliphatic heterocycles. The molecule has 0 saturated carbocycles. The number of hydrogen-bond acceptors (Lipinski definition) is 2. The Balaban J connectivity index is 2.57. The average molecular weight is 235 g/mol. The van der Waals surface area contributed by atoms with Crippen molar-refractivity contribution in [3.05, 3.63) is 42.0 Å². The maximum atomic E-state index is 3.92. The van der Waals surface area contributed by atoms with Crippen LogP contribution in [0, 0.1) is 0 Å². The lowest BCUT2D eigenvalue weighted by Crippen LogP contribution is -2.11. The van der Waals surface area contributed by atoms with Gasteiger partial charge in [-0.05, 0) is 45.0 Å². The fourth-order valence-corrected chi connectivity index (χ4v) is 2.46. The van der Waals surface area contributed by atoms with Gasteiger partial charge in [-0.1, -0.05) is 17.7 Å². The van der Waals surface area contributed by atoms with Gasteiger partial charge in [0.2, 0.25) is 0 Å². The molecular formula is C14H21NS. The second-order valence-electron chi connectivity index (χ2n) is 4.14. The summed E-state index contributed by atoms with van der Waals surface area (Å²) in [6.45, 7) is 8.18. The van der Waals surface area contributed by atoms with E-state index in [4.69, 9.17) is 0 Å². The van der Waals surface area contributed by atoms with Gasteiger partial charge in [-0.25, -0.2) is 0 Å². The van der Waals surface area contributed by atoms with E-state index < -0.39 is 0 Å². The van der Waals surface area contributed by atoms with E-state index in [1.807, 2.05) is 18.8 Å². The highest BCUT2D eigenvalue weighted by molar-refractivity contribution is 7.99. The van der Waals surface area contributed by atoms with E-state index in [1.54, 1.807) is 0 Å². The molecule has 0 radical (unpaired) electrons. The Kier molecular flexibility index (Phi) is 5.64. The van der Waals surface area contributed by atoms with E-state index in [0.29, 0.717) is 6.04 Å². The Morgan fingerprint density at radius 3 is 2.88 bits per heavy atom. The van der Waals surface area contributed by atoms with E-state index in [1.165, 1.54) is 16.0 Å². The fourth-order valence-electron chi connectivity index (χ4n) is 1.38. The van der Waals surface area contributed by atoms with Crippen molar-refractivity contribution in [3.8, 4) is 0 Å². The Labute approximate surface area is 103 Å². The molecule has 1 N–H and O–H groups in total. The maximum absolute atomic E-state index is 3.92. The SMILES string of the molecule is C=C(C)CCSc1cccc(C(C)NC)c1. The van der Waals surface area contributed by atoms with Gasteiger partial charge in [0.15, 0.2) is 0 Å². The van der Waals surface area contributed by atoms with Gasteiger partial charge in [-0.2, -0.15) is 0 Å². The third kappa shape index (κ3) is 4.42. The van der Waals surface area contributed by atoms with Crippen molar-refractivity contribution in [2.75, 3.05) is 12.8 Å². The van der Waals surface area contributed by atoms with Crippen LogP contribution in [0.15, 0.2) is 41.3 Å². The van der Waals surface area contributed by atoms with E-state index in [-0.39, 0.29) is 0 Å². The molecule has 1 atom stereocenters. The molecule has 0 fully saturated rings. The molecule has 0 aliphatic rings. The van der Waals surface area contributed by atoms with Gasteiger partial charge in [-0.3, -0.25) is 0 Å². The van der Waals surface area contributed by atoms with Gasteiger partial charge >= 0.3 is 0 Å². The molecule has 16 heavy (non-hydrogen) atoms. The molecule has 0 heterocycles. The zero-order valence-corrected chi connectivity index (χ0v) is 11.2. The van der Waals surface area contributed by atoms with Crippen LogP contribution < -0.4 is 5.32 Å². The van der Waals surface area contributed by atoms with E-state index >= 15 is 0 Å². The first-order chi connectivity index (χ1) is 7.63. The summed E-state index contributed by atoms with van der Waals surface area (Å²) < 4.78 is 0. The molecule has 0 bridgehead atoms. The van der Waals surface area contributed by atoms with Crippen molar-refractivity contribution in [2.24, 2.45) is 0 Å². The fraction of sp³-hybridized carbons (Fsp3) is 0.429. The molecule has 0 saturated heterocycles. The molecule has 1 nitrogen and oxygen atoms in total. The molecule has 88 valence electrons. The molecule has 0 aliphatic carbocycles. The maximum Gasteiger partial charge on any atom is 0.0289 e. The van der Waals surface area contributed by atoms with Crippen LogP contribution in [0.2, 0.25) is 0 Å². The van der Waals surface area contributed by atoms with Crippen molar-refractivity contribution < 1.29 is 0 Å². The predicted molar refractivity (Wildman–Crippen MR) is 74.1 cm³/mol. The monoisotopic (exact) mass is 235 g/mol. The molecule has 1 aromatic carbocycles. The summed E-state index contributed by atoms with van der Waals surface area (Å²) in [6.07, 6.45) is 1.09. The summed E-state index contributed by atoms with van der Waals surface area (Å²) in [5.74, 6) is 1.12. The molecule has 1 rings (SSSR count). The molecular weight excluding hydrogens is 214 g/mol. The van der Waals surface area contributed by atoms with Crippen LogP contribution in [-0.2, 0) is 0 Å². The highest BCUT2D eigenvalue weighted by atomic mass is 32.2. The Morgan fingerprint density at radius 1 is 1.50 bits per heavy atom. The number of nitrogens with one attached hydrogen (secondary N) is 1. The summed E-state index contributed by atoms with van der Waals surface area (Å²) >= 11 is 1.90. The zero-order chi connectivity index (χ0) is 12.0. The molecule has 1 aromatic rings. The van der Waals surface area contributed by atoms with Gasteiger partial charge in [0, 0.05) is 16.7 Å². The number of allylic oxidation sites excluding steroid dienone is 1. The van der Waals surface area contributed by atoms with Crippen LogP contribution in [0.4, 0.5) is 0 Å². The van der Waals surface area contributed by atoms with Crippen LogP contribution in [-0.4, -0.2) is 12.8 Å². The Bertz CT molecular complexity index is 346. The van der Waals surface area contributed by atoms with Gasteiger partial charge in [0.25, 0.3) is 0 Å². The first kappa shape index (κ1) is 13.3. The average Bonchev–Trinajstić information content (AvgIpc) is 2.28. The van der Waals surface area contributed by atoms with Crippen molar-refractivity contribution in [1.29, 1.82) is 0 Å². The van der Waals surface area contributed by atoms with Gasteiger partial charge in [0.1, 0.15) is 0 Å². The van der Waals surface area contributed by atoms with Crippen molar-refractivity contribution in [1.82, 2.24) is 5.32 Å². The summed E-state index contributed by atoms with van der Waals surface area (Å²) in [5, 5.41) is 3.26. The largest absolute Gasteiger partial charge is 0.313 e. The lowest BCUT2D eigenvalue weighted by atomic mass is 10.1. The third-order valence-corrected chi connectivity index (χ3v) is 3.58. The number of hydrogen-bond donors (Lipinski definition) is 1. The van der Waals surface area contributed by atoms with Crippen LogP contribution in [0.3, 0.4) is 0 Å². The summed E-state index contributed by atoms with van der Waals surface area (Å²) in [4.78, 5) is 1.35. The number of rotatable bonds is 6. The van der Waals surface area contributed by atoms with E-state index in [0.717, 1.165) is 12.2 Å². The van der Waals surface area contributed by atoms with Crippen molar-refractivity contribution in [3.63, 3.8) is 0 Å². The van der Waals surface area contributed by atoms with Crippen LogP contribution >= 0.6 is 11.8 Å². The minimum absolute atomic E-state index is 0.418. The van der Waals surface area contributed by atoms with Gasteiger partial charge < -0.3 is 5.32 Å². The van der Waals surface area contributed by atoms with Crippen LogP contribution in [0.5, 0.6) is 0 Å². The third-order valence-electron chi connectivity index (χ3n) is 2.59. The number of benzene rings is 1. The highest BCUT2D eigenvalue weighted by Gasteiger charge is 2.03. The minimum Gasteiger partial charge on any atom is -0.313 e. The summed E-state index contributed by atoms with van der Waals surface area (Å²) in [5.41, 5.74) is 2.61. The first-order valence-electron chi connectivity index (χ1n) is 5.68. The molecule has 0 spiro atoms. The standard InChI is InChI=1S/C14H21NS/c1-11(2)8-9-16-14-7-5-6-13(10-14)12(3)15-4/h5-7,10,12,15H,1,8-9H2,2-4H3. The quantitative estimate of drug-likeness (QED) is 0.590. The second-order valence-corrected chi connectivity index (χ2v) is 5.31. The topological polar surface area (TPSA) is 12.0 Å². The molecule has 0 aromatic heterocycles. The lowest BCUT2D eigenvalue weighted by molar-refractivity contribution is 0.651. The zero-order valence-electron chi connectivity index (χ0n) is 10.4. The normalized spacial score (nSPS) is 12.4. The van der Waals surface area contributed by atoms with Crippen molar-refractivity contribution >= 4 is 11.8 Å². The molecule has 2 heteroatoms. The smallest absolute Gasteiger partial charge is 0.0289 e. The van der Waals surface area contributed by atoms with E-state index in [9.17, 15) is 0 Å². The Morgan fingerprint density at radius 2 is 2.25 bits per heavy atom.